The first-order valence-electron chi connectivity index (χ1n) is 2.88. The van der Waals surface area contributed by atoms with Crippen LogP contribution < -0.4 is 0 Å². The van der Waals surface area contributed by atoms with Crippen LogP contribution in [0.2, 0.25) is 0 Å². The third-order valence-corrected chi connectivity index (χ3v) is 1.40. The quantitative estimate of drug-likeness (QED) is 0.578. The molecule has 0 aromatic carbocycles. The van der Waals surface area contributed by atoms with Crippen LogP contribution in [-0.2, 0) is 0 Å². The number of rotatable bonds is 1. The largest absolute Gasteiger partial charge is 0.298 e. The van der Waals surface area contributed by atoms with Crippen molar-refractivity contribution >= 4 is 11.8 Å². The van der Waals surface area contributed by atoms with E-state index in [9.17, 15) is 4.79 Å². The fraction of sp³-hybridized carbons (Fsp3) is 0. The molecule has 0 saturated carbocycles. The van der Waals surface area contributed by atoms with Crippen LogP contribution in [-0.4, -0.2) is 21.1 Å². The van der Waals surface area contributed by atoms with Gasteiger partial charge in [0.15, 0.2) is 6.29 Å². The summed E-state index contributed by atoms with van der Waals surface area (Å²) in [7, 11) is 0. The molecule has 2 aromatic heterocycles. The zero-order valence-corrected chi connectivity index (χ0v) is 5.11. The minimum absolute atomic E-state index is 0.612. The first-order valence-corrected chi connectivity index (χ1v) is 2.88. The number of aromatic amines is 1. The molecule has 0 amide bonds. The molecule has 2 rings (SSSR count). The van der Waals surface area contributed by atoms with Gasteiger partial charge in [-0.15, -0.1) is 0 Å². The van der Waals surface area contributed by atoms with Gasteiger partial charge in [0.05, 0.1) is 17.3 Å². The molecular weight excluding hydrogens is 130 g/mol. The van der Waals surface area contributed by atoms with Crippen LogP contribution in [0.5, 0.6) is 0 Å². The maximum Gasteiger partial charge on any atom is 0.153 e. The monoisotopic (exact) mass is 135 g/mol. The van der Waals surface area contributed by atoms with E-state index in [1.807, 2.05) is 0 Å². The lowest BCUT2D eigenvalue weighted by Crippen LogP contribution is -1.82. The number of carbonyl (C=O) groups is 1. The van der Waals surface area contributed by atoms with Crippen LogP contribution >= 0.6 is 0 Å². The smallest absolute Gasteiger partial charge is 0.153 e. The van der Waals surface area contributed by atoms with Crippen molar-refractivity contribution in [2.75, 3.05) is 0 Å². The topological polar surface area (TPSA) is 50.2 Å². The van der Waals surface area contributed by atoms with E-state index >= 15 is 0 Å². The molecule has 0 saturated heterocycles. The van der Waals surface area contributed by atoms with E-state index in [0.717, 1.165) is 11.8 Å². The fourth-order valence-electron chi connectivity index (χ4n) is 0.918. The van der Waals surface area contributed by atoms with Gasteiger partial charge in [-0.05, 0) is 6.07 Å². The highest BCUT2D eigenvalue weighted by Gasteiger charge is 2.00. The molecule has 0 atom stereocenters. The molecular formula is C6H5N3O. The zero-order chi connectivity index (χ0) is 6.97. The second-order valence-corrected chi connectivity index (χ2v) is 1.98. The average molecular weight is 135 g/mol. The Bertz CT molecular complexity index is 360. The van der Waals surface area contributed by atoms with Gasteiger partial charge in [0, 0.05) is 6.20 Å². The van der Waals surface area contributed by atoms with E-state index in [1.54, 1.807) is 16.9 Å². The molecule has 0 spiro atoms. The molecule has 0 fully saturated rings. The van der Waals surface area contributed by atoms with Crippen molar-refractivity contribution in [1.29, 1.82) is 0 Å². The standard InChI is InChI=1S/C6H5N3O/c10-4-5-3-8-9-6(5)1-2-7-9/h1-4,7H. The Morgan fingerprint density at radius 3 is 3.40 bits per heavy atom. The minimum Gasteiger partial charge on any atom is -0.298 e. The normalized spacial score (nSPS) is 10.4. The zero-order valence-electron chi connectivity index (χ0n) is 5.11. The molecule has 50 valence electrons. The number of carbonyl (C=O) groups excluding carboxylic acids is 1. The SMILES string of the molecule is O=Cc1cnn2[nH]ccc12. The molecule has 0 bridgehead atoms. The number of nitrogens with zero attached hydrogens (tertiary/aromatic N) is 2. The van der Waals surface area contributed by atoms with Crippen LogP contribution in [0.15, 0.2) is 18.5 Å². The Balaban J connectivity index is 2.88. The van der Waals surface area contributed by atoms with Gasteiger partial charge in [0.25, 0.3) is 0 Å². The summed E-state index contributed by atoms with van der Waals surface area (Å²) in [5, 5.41) is 6.70. The van der Waals surface area contributed by atoms with Crippen LogP contribution in [0, 0.1) is 0 Å². The average Bonchev–Trinajstić information content (AvgIpc) is 2.44. The molecule has 10 heavy (non-hydrogen) atoms. The molecule has 0 aliphatic heterocycles. The number of hydrogen-bond acceptors (Lipinski definition) is 2. The molecule has 0 aliphatic rings. The molecule has 4 heteroatoms. The highest BCUT2D eigenvalue weighted by atomic mass is 16.1. The first-order chi connectivity index (χ1) is 4.92. The lowest BCUT2D eigenvalue weighted by Gasteiger charge is -1.77. The number of fused-ring (bicyclic) bond motifs is 1. The third kappa shape index (κ3) is 0.500. The van der Waals surface area contributed by atoms with E-state index < -0.39 is 0 Å². The summed E-state index contributed by atoms with van der Waals surface area (Å²) in [5.41, 5.74) is 1.43. The lowest BCUT2D eigenvalue weighted by molar-refractivity contribution is 0.112. The van der Waals surface area contributed by atoms with Crippen molar-refractivity contribution in [1.82, 2.24) is 14.8 Å². The van der Waals surface area contributed by atoms with Crippen LogP contribution in [0.3, 0.4) is 0 Å². The number of aldehydes is 1. The van der Waals surface area contributed by atoms with Gasteiger partial charge in [-0.1, -0.05) is 0 Å². The predicted octanol–water partition coefficient (Wildman–Crippen LogP) is 0.475. The Labute approximate surface area is 56.4 Å². The summed E-state index contributed by atoms with van der Waals surface area (Å²) in [6.45, 7) is 0. The summed E-state index contributed by atoms with van der Waals surface area (Å²) in [6.07, 6.45) is 4.05. The third-order valence-electron chi connectivity index (χ3n) is 1.40. The van der Waals surface area contributed by atoms with Crippen LogP contribution in [0.25, 0.3) is 5.52 Å². The van der Waals surface area contributed by atoms with Gasteiger partial charge in [-0.25, -0.2) is 0 Å². The van der Waals surface area contributed by atoms with Gasteiger partial charge in [-0.2, -0.15) is 9.73 Å². The Morgan fingerprint density at radius 2 is 2.60 bits per heavy atom. The maximum absolute atomic E-state index is 10.3. The number of H-pyrrole nitrogens is 1. The predicted molar refractivity (Wildman–Crippen MR) is 34.9 cm³/mol. The Hall–Kier alpha value is -1.58. The van der Waals surface area contributed by atoms with Gasteiger partial charge >= 0.3 is 0 Å². The Kier molecular flexibility index (Phi) is 0.887. The molecule has 0 radical (unpaired) electrons. The highest BCUT2D eigenvalue weighted by Crippen LogP contribution is 2.04. The minimum atomic E-state index is 0.612. The van der Waals surface area contributed by atoms with Crippen molar-refractivity contribution < 1.29 is 4.79 Å². The van der Waals surface area contributed by atoms with Crippen LogP contribution in [0.4, 0.5) is 0 Å². The van der Waals surface area contributed by atoms with E-state index in [4.69, 9.17) is 0 Å². The van der Waals surface area contributed by atoms with Crippen molar-refractivity contribution in [3.8, 4) is 0 Å². The van der Waals surface area contributed by atoms with Gasteiger partial charge in [-0.3, -0.25) is 9.89 Å². The number of nitrogens with one attached hydrogen (secondary N) is 1. The van der Waals surface area contributed by atoms with Gasteiger partial charge < -0.3 is 0 Å². The molecule has 2 heterocycles. The van der Waals surface area contributed by atoms with E-state index in [1.165, 1.54) is 6.20 Å². The lowest BCUT2D eigenvalue weighted by atomic mass is 10.3. The molecule has 2 aromatic rings. The first kappa shape index (κ1) is 5.22. The summed E-state index contributed by atoms with van der Waals surface area (Å²) in [6, 6.07) is 1.80. The fourth-order valence-corrected chi connectivity index (χ4v) is 0.918. The second-order valence-electron chi connectivity index (χ2n) is 1.98. The number of aromatic nitrogens is 3. The van der Waals surface area contributed by atoms with Crippen LogP contribution in [0.1, 0.15) is 10.4 Å². The summed E-state index contributed by atoms with van der Waals surface area (Å²) in [5.74, 6) is 0. The second kappa shape index (κ2) is 1.70. The number of hydrogen-bond donors (Lipinski definition) is 1. The summed E-state index contributed by atoms with van der Waals surface area (Å²) in [4.78, 5) is 10.3. The Morgan fingerprint density at radius 1 is 1.70 bits per heavy atom. The molecule has 4 nitrogen and oxygen atoms in total. The highest BCUT2D eigenvalue weighted by molar-refractivity contribution is 5.85. The van der Waals surface area contributed by atoms with Gasteiger partial charge in [0.1, 0.15) is 0 Å². The van der Waals surface area contributed by atoms with E-state index in [0.29, 0.717) is 5.56 Å². The summed E-state index contributed by atoms with van der Waals surface area (Å²) < 4.78 is 1.55. The van der Waals surface area contributed by atoms with Crippen molar-refractivity contribution in [2.45, 2.75) is 0 Å². The van der Waals surface area contributed by atoms with E-state index in [-0.39, 0.29) is 0 Å². The van der Waals surface area contributed by atoms with Gasteiger partial charge in [0.2, 0.25) is 0 Å². The summed E-state index contributed by atoms with van der Waals surface area (Å²) >= 11 is 0. The molecule has 0 aliphatic carbocycles. The maximum atomic E-state index is 10.3. The molecule has 1 N–H and O–H groups in total. The van der Waals surface area contributed by atoms with Crippen molar-refractivity contribution in [3.63, 3.8) is 0 Å². The van der Waals surface area contributed by atoms with Crippen molar-refractivity contribution in [2.24, 2.45) is 0 Å². The molecule has 0 unspecified atom stereocenters. The van der Waals surface area contributed by atoms with Crippen molar-refractivity contribution in [3.05, 3.63) is 24.0 Å². The van der Waals surface area contributed by atoms with E-state index in [2.05, 4.69) is 10.2 Å².